The van der Waals surface area contributed by atoms with E-state index >= 15 is 0 Å². The van der Waals surface area contributed by atoms with Crippen LogP contribution in [0.1, 0.15) is 36.1 Å². The van der Waals surface area contributed by atoms with Crippen molar-refractivity contribution in [2.45, 2.75) is 44.7 Å². The highest BCUT2D eigenvalue weighted by atomic mass is 16.3. The summed E-state index contributed by atoms with van der Waals surface area (Å²) in [6, 6.07) is 30.5. The van der Waals surface area contributed by atoms with Gasteiger partial charge in [0.25, 0.3) is 0 Å². The second-order valence-electron chi connectivity index (χ2n) is 7.38. The van der Waals surface area contributed by atoms with Gasteiger partial charge >= 0.3 is 0 Å². The number of aliphatic hydroxyl groups excluding tert-OH is 2. The fourth-order valence-electron chi connectivity index (χ4n) is 3.69. The molecule has 0 saturated carbocycles. The van der Waals surface area contributed by atoms with E-state index in [0.717, 1.165) is 5.56 Å². The number of benzene rings is 3. The van der Waals surface area contributed by atoms with Gasteiger partial charge in [-0.3, -0.25) is 4.90 Å². The van der Waals surface area contributed by atoms with Crippen molar-refractivity contribution in [1.82, 2.24) is 4.90 Å². The topological polar surface area (TPSA) is 43.7 Å². The molecule has 3 aromatic carbocycles. The van der Waals surface area contributed by atoms with Crippen LogP contribution < -0.4 is 0 Å². The van der Waals surface area contributed by atoms with Crippen molar-refractivity contribution in [3.63, 3.8) is 0 Å². The molecule has 146 valence electrons. The van der Waals surface area contributed by atoms with Gasteiger partial charge in [0.2, 0.25) is 0 Å². The first-order valence-electron chi connectivity index (χ1n) is 9.86. The highest BCUT2D eigenvalue weighted by molar-refractivity contribution is 5.23. The van der Waals surface area contributed by atoms with E-state index in [-0.39, 0.29) is 6.04 Å². The van der Waals surface area contributed by atoms with Crippen LogP contribution in [0.3, 0.4) is 0 Å². The smallest absolute Gasteiger partial charge is 0.0761 e. The van der Waals surface area contributed by atoms with Crippen LogP contribution in [0.4, 0.5) is 0 Å². The number of hydrogen-bond acceptors (Lipinski definition) is 3. The molecule has 0 aliphatic carbocycles. The largest absolute Gasteiger partial charge is 0.393 e. The molecule has 0 aliphatic heterocycles. The second-order valence-corrected chi connectivity index (χ2v) is 7.38. The monoisotopic (exact) mass is 375 g/mol. The van der Waals surface area contributed by atoms with E-state index in [4.69, 9.17) is 0 Å². The number of nitrogens with zero attached hydrogens (tertiary/aromatic N) is 1. The third-order valence-corrected chi connectivity index (χ3v) is 4.94. The molecule has 0 bridgehead atoms. The third-order valence-electron chi connectivity index (χ3n) is 4.94. The molecule has 0 amide bonds. The van der Waals surface area contributed by atoms with Crippen LogP contribution in [0.25, 0.3) is 0 Å². The van der Waals surface area contributed by atoms with Gasteiger partial charge in [-0.2, -0.15) is 0 Å². The molecule has 0 radical (unpaired) electrons. The molecule has 3 aromatic rings. The van der Waals surface area contributed by atoms with Crippen LogP contribution in [0, 0.1) is 0 Å². The Morgan fingerprint density at radius 2 is 1.11 bits per heavy atom. The van der Waals surface area contributed by atoms with Crippen molar-refractivity contribution in [3.8, 4) is 0 Å². The van der Waals surface area contributed by atoms with E-state index in [9.17, 15) is 10.2 Å². The molecule has 0 heterocycles. The summed E-state index contributed by atoms with van der Waals surface area (Å²) in [5.41, 5.74) is 3.45. The Kier molecular flexibility index (Phi) is 7.38. The van der Waals surface area contributed by atoms with Crippen molar-refractivity contribution in [3.05, 3.63) is 108 Å². The Morgan fingerprint density at radius 1 is 0.679 bits per heavy atom. The van der Waals surface area contributed by atoms with Crippen molar-refractivity contribution in [2.75, 3.05) is 0 Å². The third kappa shape index (κ3) is 5.77. The molecule has 3 rings (SSSR count). The molecule has 0 aromatic heterocycles. The van der Waals surface area contributed by atoms with Gasteiger partial charge in [0.1, 0.15) is 0 Å². The van der Waals surface area contributed by atoms with Crippen LogP contribution in [0.15, 0.2) is 91.0 Å². The zero-order valence-electron chi connectivity index (χ0n) is 16.4. The Labute approximate surface area is 167 Å². The summed E-state index contributed by atoms with van der Waals surface area (Å²) in [7, 11) is 0. The summed E-state index contributed by atoms with van der Waals surface area (Å²) in [5, 5.41) is 21.0. The highest BCUT2D eigenvalue weighted by Crippen LogP contribution is 2.30. The number of aliphatic hydroxyl groups is 2. The van der Waals surface area contributed by atoms with Crippen molar-refractivity contribution in [2.24, 2.45) is 0 Å². The molecule has 0 fully saturated rings. The van der Waals surface area contributed by atoms with E-state index in [1.54, 1.807) is 6.92 Å². The average Bonchev–Trinajstić information content (AvgIpc) is 2.70. The molecule has 3 heteroatoms. The van der Waals surface area contributed by atoms with Gasteiger partial charge in [0, 0.05) is 19.5 Å². The zero-order chi connectivity index (χ0) is 19.8. The van der Waals surface area contributed by atoms with E-state index in [1.807, 2.05) is 54.6 Å². The quantitative estimate of drug-likeness (QED) is 0.576. The molecule has 0 saturated heterocycles. The molecule has 3 nitrogen and oxygen atoms in total. The first kappa shape index (κ1) is 20.3. The Morgan fingerprint density at radius 3 is 1.54 bits per heavy atom. The maximum atomic E-state index is 11.1. The zero-order valence-corrected chi connectivity index (χ0v) is 16.4. The summed E-state index contributed by atoms with van der Waals surface area (Å²) < 4.78 is 0. The standard InChI is InChI=1S/C25H29NO2/c1-20(27)17-24(28)25(23-15-9-4-10-16-23)26(18-21-11-5-2-6-12-21)19-22-13-7-3-8-14-22/h2-16,20,24-25,27-28H,17-19H2,1H3/t20-,24-,25+/m1/s1. The van der Waals surface area contributed by atoms with Crippen molar-refractivity contribution >= 4 is 0 Å². The molecule has 3 atom stereocenters. The van der Waals surface area contributed by atoms with Crippen LogP contribution in [-0.4, -0.2) is 27.3 Å². The summed E-state index contributed by atoms with van der Waals surface area (Å²) in [6.07, 6.45) is -0.897. The minimum atomic E-state index is -0.671. The van der Waals surface area contributed by atoms with Crippen molar-refractivity contribution in [1.29, 1.82) is 0 Å². The van der Waals surface area contributed by atoms with Gasteiger partial charge in [0.05, 0.1) is 18.2 Å². The Balaban J connectivity index is 1.96. The van der Waals surface area contributed by atoms with Crippen LogP contribution >= 0.6 is 0 Å². The minimum absolute atomic E-state index is 0.212. The van der Waals surface area contributed by atoms with E-state index in [0.29, 0.717) is 19.5 Å². The number of rotatable bonds is 9. The summed E-state index contributed by atoms with van der Waals surface area (Å²) in [6.45, 7) is 3.16. The van der Waals surface area contributed by atoms with Gasteiger partial charge in [0.15, 0.2) is 0 Å². The van der Waals surface area contributed by atoms with Gasteiger partial charge in [-0.1, -0.05) is 91.0 Å². The molecule has 0 spiro atoms. The fourth-order valence-corrected chi connectivity index (χ4v) is 3.69. The maximum Gasteiger partial charge on any atom is 0.0761 e. The van der Waals surface area contributed by atoms with Gasteiger partial charge in [-0.15, -0.1) is 0 Å². The lowest BCUT2D eigenvalue weighted by Crippen LogP contribution is -2.37. The van der Waals surface area contributed by atoms with E-state index in [2.05, 4.69) is 41.3 Å². The maximum absolute atomic E-state index is 11.1. The van der Waals surface area contributed by atoms with Gasteiger partial charge < -0.3 is 10.2 Å². The Bertz CT molecular complexity index is 764. The van der Waals surface area contributed by atoms with Gasteiger partial charge in [-0.05, 0) is 23.6 Å². The predicted octanol–water partition coefficient (Wildman–Crippen LogP) is 4.56. The van der Waals surface area contributed by atoms with Crippen LogP contribution in [0.5, 0.6) is 0 Å². The fraction of sp³-hybridized carbons (Fsp3) is 0.280. The first-order valence-corrected chi connectivity index (χ1v) is 9.86. The molecular formula is C25H29NO2. The summed E-state index contributed by atoms with van der Waals surface area (Å²) in [4.78, 5) is 2.30. The summed E-state index contributed by atoms with van der Waals surface area (Å²) in [5.74, 6) is 0. The molecular weight excluding hydrogens is 346 g/mol. The molecule has 0 aliphatic rings. The highest BCUT2D eigenvalue weighted by Gasteiger charge is 2.29. The second kappa shape index (κ2) is 10.2. The normalized spacial score (nSPS) is 14.6. The Hall–Kier alpha value is -2.46. The first-order chi connectivity index (χ1) is 13.6. The number of hydrogen-bond donors (Lipinski definition) is 2. The predicted molar refractivity (Wildman–Crippen MR) is 114 cm³/mol. The molecule has 2 N–H and O–H groups in total. The lowest BCUT2D eigenvalue weighted by atomic mass is 9.94. The van der Waals surface area contributed by atoms with E-state index < -0.39 is 12.2 Å². The van der Waals surface area contributed by atoms with Crippen LogP contribution in [-0.2, 0) is 13.1 Å². The average molecular weight is 376 g/mol. The lowest BCUT2D eigenvalue weighted by molar-refractivity contribution is 0.00755. The van der Waals surface area contributed by atoms with E-state index in [1.165, 1.54) is 11.1 Å². The van der Waals surface area contributed by atoms with Crippen LogP contribution in [0.2, 0.25) is 0 Å². The minimum Gasteiger partial charge on any atom is -0.393 e. The molecule has 0 unspecified atom stereocenters. The SMILES string of the molecule is C[C@@H](O)C[C@@H](O)[C@H](c1ccccc1)N(Cc1ccccc1)Cc1ccccc1. The van der Waals surface area contributed by atoms with Gasteiger partial charge in [-0.25, -0.2) is 0 Å². The molecule has 28 heavy (non-hydrogen) atoms. The summed E-state index contributed by atoms with van der Waals surface area (Å²) >= 11 is 0. The van der Waals surface area contributed by atoms with Crippen molar-refractivity contribution < 1.29 is 10.2 Å². The lowest BCUT2D eigenvalue weighted by Gasteiger charge is -2.36.